The minimum Gasteiger partial charge on any atom is -0.244 e. The second kappa shape index (κ2) is 6.06. The van der Waals surface area contributed by atoms with Crippen LogP contribution in [0.2, 0.25) is 0 Å². The highest BCUT2D eigenvalue weighted by molar-refractivity contribution is 5.87. The summed E-state index contributed by atoms with van der Waals surface area (Å²) in [5.41, 5.74) is 4.73. The number of benzene rings is 3. The Kier molecular flexibility index (Phi) is 3.73. The molecule has 1 heterocycles. The van der Waals surface area contributed by atoms with Gasteiger partial charge < -0.3 is 0 Å². The maximum absolute atomic E-state index is 13.7. The number of rotatable bonds is 2. The lowest BCUT2D eigenvalue weighted by Crippen LogP contribution is -1.97. The summed E-state index contributed by atoms with van der Waals surface area (Å²) in [4.78, 5) is 9.44. The number of aromatic nitrogens is 2. The van der Waals surface area contributed by atoms with Gasteiger partial charge >= 0.3 is 0 Å². The highest BCUT2D eigenvalue weighted by Crippen LogP contribution is 2.32. The number of hydrogen-bond donors (Lipinski definition) is 0. The number of hydrogen-bond acceptors (Lipinski definition) is 2. The van der Waals surface area contributed by atoms with E-state index in [1.54, 1.807) is 24.3 Å². The van der Waals surface area contributed by atoms with Crippen LogP contribution in [0.25, 0.3) is 33.5 Å². The van der Waals surface area contributed by atoms with Gasteiger partial charge in [0.2, 0.25) is 0 Å². The molecule has 122 valence electrons. The average Bonchev–Trinajstić information content (AvgIpc) is 2.61. The van der Waals surface area contributed by atoms with E-state index in [1.807, 2.05) is 25.1 Å². The molecule has 0 aliphatic carbocycles. The maximum atomic E-state index is 13.7. The molecule has 25 heavy (non-hydrogen) atoms. The van der Waals surface area contributed by atoms with Crippen molar-refractivity contribution in [2.75, 3.05) is 0 Å². The van der Waals surface area contributed by atoms with Gasteiger partial charge in [-0.05, 0) is 42.8 Å². The van der Waals surface area contributed by atoms with Gasteiger partial charge in [-0.3, -0.25) is 0 Å². The predicted molar refractivity (Wildman–Crippen MR) is 95.1 cm³/mol. The smallest absolute Gasteiger partial charge is 0.123 e. The second-order valence-corrected chi connectivity index (χ2v) is 5.88. The predicted octanol–water partition coefficient (Wildman–Crippen LogP) is 5.55. The van der Waals surface area contributed by atoms with E-state index in [0.29, 0.717) is 22.5 Å². The molecule has 2 nitrogen and oxygen atoms in total. The third-order valence-corrected chi connectivity index (χ3v) is 4.09. The molecule has 4 heteroatoms. The Morgan fingerprint density at radius 3 is 1.84 bits per heavy atom. The van der Waals surface area contributed by atoms with Crippen LogP contribution < -0.4 is 0 Å². The summed E-state index contributed by atoms with van der Waals surface area (Å²) in [5.74, 6) is -0.705. The van der Waals surface area contributed by atoms with Crippen LogP contribution in [0.15, 0.2) is 66.7 Å². The third-order valence-electron chi connectivity index (χ3n) is 4.09. The molecule has 0 saturated heterocycles. The molecule has 0 spiro atoms. The van der Waals surface area contributed by atoms with Crippen molar-refractivity contribution in [2.45, 2.75) is 6.92 Å². The molecular formula is C21H14F2N2. The fourth-order valence-electron chi connectivity index (χ4n) is 2.89. The van der Waals surface area contributed by atoms with E-state index in [4.69, 9.17) is 9.97 Å². The molecule has 3 aromatic carbocycles. The molecule has 1 aromatic heterocycles. The zero-order valence-electron chi connectivity index (χ0n) is 13.5. The van der Waals surface area contributed by atoms with Gasteiger partial charge in [0.15, 0.2) is 0 Å². The fraction of sp³-hybridized carbons (Fsp3) is 0.0476. The van der Waals surface area contributed by atoms with Gasteiger partial charge in [-0.1, -0.05) is 36.4 Å². The highest BCUT2D eigenvalue weighted by atomic mass is 19.1. The molecule has 0 N–H and O–H groups in total. The molecule has 0 aliphatic rings. The lowest BCUT2D eigenvalue weighted by atomic mass is 10.0. The van der Waals surface area contributed by atoms with E-state index in [-0.39, 0.29) is 11.6 Å². The quantitative estimate of drug-likeness (QED) is 0.481. The first-order valence-electron chi connectivity index (χ1n) is 7.91. The Hall–Kier alpha value is -3.14. The summed E-state index contributed by atoms with van der Waals surface area (Å²) in [7, 11) is 0. The Morgan fingerprint density at radius 1 is 0.680 bits per heavy atom. The van der Waals surface area contributed by atoms with E-state index < -0.39 is 0 Å². The van der Waals surface area contributed by atoms with Gasteiger partial charge in [0.25, 0.3) is 0 Å². The number of nitrogens with zero attached hydrogens (tertiary/aromatic N) is 2. The van der Waals surface area contributed by atoms with Crippen molar-refractivity contribution >= 4 is 11.0 Å². The minimum atomic E-state index is -0.353. The van der Waals surface area contributed by atoms with Crippen molar-refractivity contribution in [1.82, 2.24) is 9.97 Å². The number of aryl methyl sites for hydroxylation is 1. The number of halogens is 2. The Bertz CT molecular complexity index is 1090. The van der Waals surface area contributed by atoms with E-state index >= 15 is 0 Å². The molecule has 0 saturated carbocycles. The monoisotopic (exact) mass is 332 g/mol. The first-order chi connectivity index (χ1) is 12.1. The summed E-state index contributed by atoms with van der Waals surface area (Å²) < 4.78 is 27.5. The van der Waals surface area contributed by atoms with Crippen molar-refractivity contribution in [3.8, 4) is 22.5 Å². The van der Waals surface area contributed by atoms with Crippen LogP contribution in [-0.2, 0) is 0 Å². The third kappa shape index (κ3) is 2.87. The largest absolute Gasteiger partial charge is 0.244 e. The molecule has 0 bridgehead atoms. The maximum Gasteiger partial charge on any atom is 0.123 e. The first-order valence-corrected chi connectivity index (χ1v) is 7.91. The van der Waals surface area contributed by atoms with E-state index in [9.17, 15) is 8.78 Å². The molecule has 0 radical (unpaired) electrons. The van der Waals surface area contributed by atoms with Crippen LogP contribution in [0.4, 0.5) is 8.78 Å². The second-order valence-electron chi connectivity index (χ2n) is 5.88. The Balaban J connectivity index is 2.07. The van der Waals surface area contributed by atoms with Crippen molar-refractivity contribution in [2.24, 2.45) is 0 Å². The summed E-state index contributed by atoms with van der Waals surface area (Å²) in [5, 5.41) is 0. The summed E-state index contributed by atoms with van der Waals surface area (Å²) in [6.07, 6.45) is 0. The van der Waals surface area contributed by atoms with Gasteiger partial charge in [0.05, 0.1) is 22.4 Å². The zero-order valence-corrected chi connectivity index (χ0v) is 13.5. The SMILES string of the molecule is Cc1cccc2nc(-c3cccc(F)c3)c(-c3cccc(F)c3)nc12. The van der Waals surface area contributed by atoms with E-state index in [1.165, 1.54) is 24.3 Å². The van der Waals surface area contributed by atoms with Crippen LogP contribution in [-0.4, -0.2) is 9.97 Å². The Morgan fingerprint density at radius 2 is 1.24 bits per heavy atom. The van der Waals surface area contributed by atoms with E-state index in [2.05, 4.69) is 0 Å². The summed E-state index contributed by atoms with van der Waals surface area (Å²) in [6, 6.07) is 18.1. The van der Waals surface area contributed by atoms with Gasteiger partial charge in [-0.15, -0.1) is 0 Å². The normalized spacial score (nSPS) is 11.0. The average molecular weight is 332 g/mol. The van der Waals surface area contributed by atoms with Crippen LogP contribution in [0, 0.1) is 18.6 Å². The lowest BCUT2D eigenvalue weighted by molar-refractivity contribution is 0.627. The summed E-state index contributed by atoms with van der Waals surface area (Å²) in [6.45, 7) is 1.95. The molecule has 0 aliphatic heterocycles. The van der Waals surface area contributed by atoms with Crippen molar-refractivity contribution < 1.29 is 8.78 Å². The molecule has 0 amide bonds. The van der Waals surface area contributed by atoms with Gasteiger partial charge in [0.1, 0.15) is 11.6 Å². The van der Waals surface area contributed by atoms with Crippen LogP contribution in [0.1, 0.15) is 5.56 Å². The molecule has 0 fully saturated rings. The lowest BCUT2D eigenvalue weighted by Gasteiger charge is -2.12. The number of fused-ring (bicyclic) bond motifs is 1. The number of para-hydroxylation sites is 1. The topological polar surface area (TPSA) is 25.8 Å². The van der Waals surface area contributed by atoms with Gasteiger partial charge in [-0.25, -0.2) is 18.7 Å². The fourth-order valence-corrected chi connectivity index (χ4v) is 2.89. The van der Waals surface area contributed by atoms with Crippen LogP contribution >= 0.6 is 0 Å². The zero-order chi connectivity index (χ0) is 17.4. The van der Waals surface area contributed by atoms with Gasteiger partial charge in [-0.2, -0.15) is 0 Å². The molecule has 0 unspecified atom stereocenters. The summed E-state index contributed by atoms with van der Waals surface area (Å²) >= 11 is 0. The van der Waals surface area contributed by atoms with Crippen molar-refractivity contribution in [1.29, 1.82) is 0 Å². The van der Waals surface area contributed by atoms with Gasteiger partial charge in [0, 0.05) is 11.1 Å². The molecular weight excluding hydrogens is 318 g/mol. The molecule has 0 atom stereocenters. The molecule has 4 aromatic rings. The standard InChI is InChI=1S/C21H14F2N2/c1-13-5-2-10-18-19(13)25-21(15-7-4-9-17(23)12-15)20(24-18)14-6-3-8-16(22)11-14/h2-12H,1H3. The molecule has 4 rings (SSSR count). The van der Waals surface area contributed by atoms with Crippen LogP contribution in [0.5, 0.6) is 0 Å². The van der Waals surface area contributed by atoms with Crippen LogP contribution in [0.3, 0.4) is 0 Å². The van der Waals surface area contributed by atoms with Crippen molar-refractivity contribution in [3.05, 3.63) is 83.9 Å². The highest BCUT2D eigenvalue weighted by Gasteiger charge is 2.15. The Labute approximate surface area is 143 Å². The van der Waals surface area contributed by atoms with Crippen molar-refractivity contribution in [3.63, 3.8) is 0 Å². The first kappa shape index (κ1) is 15.4. The van der Waals surface area contributed by atoms with E-state index in [0.717, 1.165) is 16.6 Å². The minimum absolute atomic E-state index is 0.352.